The topological polar surface area (TPSA) is 78.9 Å². The molecule has 0 N–H and O–H groups in total. The van der Waals surface area contributed by atoms with Gasteiger partial charge in [0.25, 0.3) is 0 Å². The maximum Gasteiger partial charge on any atom is 0.306 e. The zero-order chi connectivity index (χ0) is 56.4. The SMILES string of the molecule is CCCC/C=C\CCCCCCCC(=O)OCC(COC(=O)CCCCCCCCCCCCCCCCCCCCCCCCCCCCCCCCCC)OC(=O)CCCCCCCCC/C=C\CCCCCCCC. The van der Waals surface area contributed by atoms with Gasteiger partial charge in [-0.05, 0) is 64.2 Å². The summed E-state index contributed by atoms with van der Waals surface area (Å²) in [5.41, 5.74) is 0. The fraction of sp³-hybridized carbons (Fsp3) is 0.903. The highest BCUT2D eigenvalue weighted by atomic mass is 16.6. The molecule has 0 rings (SSSR count). The van der Waals surface area contributed by atoms with Crippen LogP contribution in [0.15, 0.2) is 24.3 Å². The van der Waals surface area contributed by atoms with Gasteiger partial charge in [-0.15, -0.1) is 0 Å². The summed E-state index contributed by atoms with van der Waals surface area (Å²) in [7, 11) is 0. The van der Waals surface area contributed by atoms with E-state index in [1.54, 1.807) is 0 Å². The van der Waals surface area contributed by atoms with E-state index in [-0.39, 0.29) is 31.1 Å². The summed E-state index contributed by atoms with van der Waals surface area (Å²) in [6.07, 6.45) is 82.3. The third-order valence-electron chi connectivity index (χ3n) is 16.2. The predicted octanol–water partition coefficient (Wildman–Crippen LogP) is 24.2. The highest BCUT2D eigenvalue weighted by molar-refractivity contribution is 5.71. The summed E-state index contributed by atoms with van der Waals surface area (Å²) in [6, 6.07) is 0. The molecule has 0 radical (unpaired) electrons. The number of allylic oxidation sites excluding steroid dienone is 4. The third-order valence-corrected chi connectivity index (χ3v) is 16.2. The maximum absolute atomic E-state index is 12.9. The lowest BCUT2D eigenvalue weighted by atomic mass is 10.0. The molecule has 0 aromatic heterocycles. The van der Waals surface area contributed by atoms with Crippen LogP contribution in [-0.2, 0) is 28.6 Å². The standard InChI is InChI=1S/C72H136O6/c1-4-7-10-13-16-19-22-24-26-28-29-30-31-32-33-34-35-36-37-38-39-40-41-42-44-45-47-50-53-56-59-62-65-71(74)77-68-69(67-76-70(73)64-61-58-55-52-49-21-18-15-12-9-6-3)78-72(75)66-63-60-57-54-51-48-46-43-27-25-23-20-17-14-11-8-5-2/h15,18,25,27,69H,4-14,16-17,19-24,26,28-68H2,1-3H3/b18-15-,27-25-. The molecule has 460 valence electrons. The molecule has 0 aromatic carbocycles. The summed E-state index contributed by atoms with van der Waals surface area (Å²) in [5.74, 6) is -0.859. The first-order valence-corrected chi connectivity index (χ1v) is 35.3. The maximum atomic E-state index is 12.9. The molecule has 0 heterocycles. The third kappa shape index (κ3) is 64.7. The van der Waals surface area contributed by atoms with Gasteiger partial charge >= 0.3 is 17.9 Å². The lowest BCUT2D eigenvalue weighted by molar-refractivity contribution is -0.167. The molecule has 0 bridgehead atoms. The lowest BCUT2D eigenvalue weighted by Gasteiger charge is -2.18. The molecule has 1 unspecified atom stereocenters. The summed E-state index contributed by atoms with van der Waals surface area (Å²) >= 11 is 0. The summed E-state index contributed by atoms with van der Waals surface area (Å²) in [5, 5.41) is 0. The molecular weight excluding hydrogens is 961 g/mol. The van der Waals surface area contributed by atoms with Crippen molar-refractivity contribution in [2.75, 3.05) is 13.2 Å². The van der Waals surface area contributed by atoms with Gasteiger partial charge in [-0.1, -0.05) is 340 Å². The van der Waals surface area contributed by atoms with Gasteiger partial charge in [0.15, 0.2) is 6.10 Å². The van der Waals surface area contributed by atoms with Gasteiger partial charge in [0.2, 0.25) is 0 Å². The van der Waals surface area contributed by atoms with Crippen LogP contribution in [0.25, 0.3) is 0 Å². The molecule has 6 nitrogen and oxygen atoms in total. The van der Waals surface area contributed by atoms with E-state index in [2.05, 4.69) is 45.1 Å². The molecule has 1 atom stereocenters. The fourth-order valence-electron chi connectivity index (χ4n) is 10.8. The van der Waals surface area contributed by atoms with Gasteiger partial charge in [-0.25, -0.2) is 0 Å². The van der Waals surface area contributed by atoms with Gasteiger partial charge in [0, 0.05) is 19.3 Å². The molecule has 6 heteroatoms. The zero-order valence-corrected chi connectivity index (χ0v) is 53.0. The average Bonchev–Trinajstić information content (AvgIpc) is 3.44. The Morgan fingerprint density at radius 1 is 0.244 bits per heavy atom. The minimum absolute atomic E-state index is 0.0708. The average molecular weight is 1100 g/mol. The van der Waals surface area contributed by atoms with Crippen LogP contribution in [0.2, 0.25) is 0 Å². The van der Waals surface area contributed by atoms with Crippen molar-refractivity contribution in [2.45, 2.75) is 406 Å². The number of carbonyl (C=O) groups is 3. The summed E-state index contributed by atoms with van der Waals surface area (Å²) < 4.78 is 16.9. The molecule has 0 spiro atoms. The van der Waals surface area contributed by atoms with E-state index in [1.807, 2.05) is 0 Å². The van der Waals surface area contributed by atoms with E-state index < -0.39 is 6.10 Å². The minimum Gasteiger partial charge on any atom is -0.462 e. The first kappa shape index (κ1) is 75.9. The van der Waals surface area contributed by atoms with Crippen molar-refractivity contribution in [3.05, 3.63) is 24.3 Å². The van der Waals surface area contributed by atoms with Crippen molar-refractivity contribution in [1.29, 1.82) is 0 Å². The zero-order valence-electron chi connectivity index (χ0n) is 53.0. The number of ether oxygens (including phenoxy) is 3. The second-order valence-electron chi connectivity index (χ2n) is 24.1. The highest BCUT2D eigenvalue weighted by Crippen LogP contribution is 2.19. The quantitative estimate of drug-likeness (QED) is 0.0261. The highest BCUT2D eigenvalue weighted by Gasteiger charge is 2.19. The predicted molar refractivity (Wildman–Crippen MR) is 340 cm³/mol. The first-order chi connectivity index (χ1) is 38.5. The molecule has 0 amide bonds. The normalized spacial score (nSPS) is 12.1. The van der Waals surface area contributed by atoms with Gasteiger partial charge in [-0.2, -0.15) is 0 Å². The summed E-state index contributed by atoms with van der Waals surface area (Å²) in [6.45, 7) is 6.66. The summed E-state index contributed by atoms with van der Waals surface area (Å²) in [4.78, 5) is 38.3. The van der Waals surface area contributed by atoms with Crippen LogP contribution in [0, 0.1) is 0 Å². The largest absolute Gasteiger partial charge is 0.462 e. The molecule has 0 fully saturated rings. The van der Waals surface area contributed by atoms with E-state index in [1.165, 1.54) is 295 Å². The fourth-order valence-corrected chi connectivity index (χ4v) is 10.8. The van der Waals surface area contributed by atoms with Gasteiger partial charge in [0.1, 0.15) is 13.2 Å². The Hall–Kier alpha value is -2.11. The van der Waals surface area contributed by atoms with Crippen LogP contribution < -0.4 is 0 Å². The Bertz CT molecular complexity index is 1260. The molecule has 0 aliphatic carbocycles. The monoisotopic (exact) mass is 1100 g/mol. The number of esters is 3. The molecule has 78 heavy (non-hydrogen) atoms. The van der Waals surface area contributed by atoms with Crippen LogP contribution in [0.4, 0.5) is 0 Å². The number of unbranched alkanes of at least 4 members (excludes halogenated alkanes) is 51. The smallest absolute Gasteiger partial charge is 0.306 e. The molecule has 0 aliphatic heterocycles. The molecule has 0 aliphatic rings. The van der Waals surface area contributed by atoms with Crippen molar-refractivity contribution < 1.29 is 28.6 Å². The number of carbonyl (C=O) groups excluding carboxylic acids is 3. The van der Waals surface area contributed by atoms with E-state index in [4.69, 9.17) is 14.2 Å². The van der Waals surface area contributed by atoms with Crippen LogP contribution in [0.5, 0.6) is 0 Å². The minimum atomic E-state index is -0.774. The molecular formula is C72H136O6. The molecule has 0 saturated heterocycles. The Morgan fingerprint density at radius 2 is 0.436 bits per heavy atom. The Balaban J connectivity index is 4.06. The van der Waals surface area contributed by atoms with Gasteiger partial charge in [-0.3, -0.25) is 14.4 Å². The van der Waals surface area contributed by atoms with Crippen LogP contribution in [0.3, 0.4) is 0 Å². The Kier molecular flexibility index (Phi) is 65.6. The van der Waals surface area contributed by atoms with Crippen molar-refractivity contribution in [1.82, 2.24) is 0 Å². The lowest BCUT2D eigenvalue weighted by Crippen LogP contribution is -2.30. The van der Waals surface area contributed by atoms with Gasteiger partial charge in [0.05, 0.1) is 0 Å². The van der Waals surface area contributed by atoms with Crippen LogP contribution in [-0.4, -0.2) is 37.2 Å². The van der Waals surface area contributed by atoms with Crippen molar-refractivity contribution in [2.24, 2.45) is 0 Å². The van der Waals surface area contributed by atoms with E-state index in [9.17, 15) is 14.4 Å². The van der Waals surface area contributed by atoms with Crippen LogP contribution in [0.1, 0.15) is 400 Å². The Morgan fingerprint density at radius 3 is 0.679 bits per heavy atom. The second-order valence-corrected chi connectivity index (χ2v) is 24.1. The van der Waals surface area contributed by atoms with E-state index >= 15 is 0 Å². The first-order valence-electron chi connectivity index (χ1n) is 35.3. The number of hydrogen-bond acceptors (Lipinski definition) is 6. The van der Waals surface area contributed by atoms with Crippen LogP contribution >= 0.6 is 0 Å². The Labute approximate surface area is 487 Å². The van der Waals surface area contributed by atoms with Crippen molar-refractivity contribution in [3.8, 4) is 0 Å². The van der Waals surface area contributed by atoms with E-state index in [0.29, 0.717) is 19.3 Å². The van der Waals surface area contributed by atoms with E-state index in [0.717, 1.165) is 64.2 Å². The second kappa shape index (κ2) is 67.4. The molecule has 0 saturated carbocycles. The van der Waals surface area contributed by atoms with Gasteiger partial charge < -0.3 is 14.2 Å². The van der Waals surface area contributed by atoms with Crippen molar-refractivity contribution in [3.63, 3.8) is 0 Å². The van der Waals surface area contributed by atoms with Crippen molar-refractivity contribution >= 4 is 17.9 Å². The molecule has 0 aromatic rings. The number of hydrogen-bond donors (Lipinski definition) is 0. The number of rotatable bonds is 66.